The van der Waals surface area contributed by atoms with E-state index in [2.05, 4.69) is 24.0 Å². The van der Waals surface area contributed by atoms with Crippen LogP contribution in [0.4, 0.5) is 4.39 Å². The molecule has 6 nitrogen and oxygen atoms in total. The van der Waals surface area contributed by atoms with Gasteiger partial charge in [0.05, 0.1) is 0 Å². The third-order valence-electron chi connectivity index (χ3n) is 5.10. The first-order valence-corrected chi connectivity index (χ1v) is 8.89. The second-order valence-corrected chi connectivity index (χ2v) is 7.67. The van der Waals surface area contributed by atoms with Gasteiger partial charge in [-0.3, -0.25) is 4.79 Å². The van der Waals surface area contributed by atoms with Gasteiger partial charge in [0.1, 0.15) is 5.82 Å². The predicted octanol–water partition coefficient (Wildman–Crippen LogP) is 3.12. The first-order chi connectivity index (χ1) is 12.3. The van der Waals surface area contributed by atoms with Crippen molar-refractivity contribution in [2.75, 3.05) is 13.1 Å². The maximum absolute atomic E-state index is 13.4. The van der Waals surface area contributed by atoms with Gasteiger partial charge in [0.2, 0.25) is 17.6 Å². The van der Waals surface area contributed by atoms with E-state index in [-0.39, 0.29) is 35.6 Å². The molecule has 0 bridgehead atoms. The van der Waals surface area contributed by atoms with Crippen molar-refractivity contribution >= 4 is 18.3 Å². The molecule has 2 aromatic rings. The van der Waals surface area contributed by atoms with Crippen LogP contribution in [-0.4, -0.2) is 40.1 Å². The minimum atomic E-state index is -0.271. The van der Waals surface area contributed by atoms with E-state index in [0.717, 1.165) is 6.42 Å². The molecule has 2 heterocycles. The van der Waals surface area contributed by atoms with Gasteiger partial charge >= 0.3 is 0 Å². The fourth-order valence-corrected chi connectivity index (χ4v) is 3.22. The van der Waals surface area contributed by atoms with Crippen molar-refractivity contribution in [2.24, 2.45) is 11.1 Å². The molecule has 0 saturated carbocycles. The second kappa shape index (κ2) is 8.35. The fraction of sp³-hybridized carbons (Fsp3) is 0.526. The van der Waals surface area contributed by atoms with Gasteiger partial charge < -0.3 is 15.2 Å². The maximum atomic E-state index is 13.4. The molecule has 1 fully saturated rings. The van der Waals surface area contributed by atoms with E-state index in [4.69, 9.17) is 10.3 Å². The summed E-state index contributed by atoms with van der Waals surface area (Å²) in [4.78, 5) is 18.7. The lowest BCUT2D eigenvalue weighted by Crippen LogP contribution is -2.54. The maximum Gasteiger partial charge on any atom is 0.227 e. The van der Waals surface area contributed by atoms with Gasteiger partial charge in [0, 0.05) is 37.5 Å². The lowest BCUT2D eigenvalue weighted by molar-refractivity contribution is -0.134. The van der Waals surface area contributed by atoms with Gasteiger partial charge in [-0.15, -0.1) is 12.4 Å². The van der Waals surface area contributed by atoms with Crippen LogP contribution in [0.25, 0.3) is 11.4 Å². The summed E-state index contributed by atoms with van der Waals surface area (Å²) in [5.74, 6) is 0.610. The van der Waals surface area contributed by atoms with Gasteiger partial charge in [-0.25, -0.2) is 4.39 Å². The molecule has 2 N–H and O–H groups in total. The number of piperidine rings is 1. The number of halogens is 2. The molecule has 3 rings (SSSR count). The molecule has 1 atom stereocenters. The number of amides is 1. The fourth-order valence-electron chi connectivity index (χ4n) is 3.22. The number of carbonyl (C=O) groups excluding carboxylic acids is 1. The molecule has 0 spiro atoms. The standard InChI is InChI=1S/C19H25FN4O2.ClH/c1-12-10-13(4-5-14(12)20)18-22-16(26-23-18)6-7-17(25)24-9-8-15(21)19(2,3)11-24;/h4-5,10,15H,6-9,11,21H2,1-3H3;1H. The number of hydrogen-bond donors (Lipinski definition) is 1. The van der Waals surface area contributed by atoms with Crippen LogP contribution in [0.1, 0.15) is 38.1 Å². The van der Waals surface area contributed by atoms with E-state index < -0.39 is 0 Å². The van der Waals surface area contributed by atoms with Crippen LogP contribution >= 0.6 is 12.4 Å². The Balaban J connectivity index is 0.00000261. The molecule has 1 aromatic carbocycles. The van der Waals surface area contributed by atoms with Crippen molar-refractivity contribution < 1.29 is 13.7 Å². The van der Waals surface area contributed by atoms with Gasteiger partial charge in [0.15, 0.2) is 0 Å². The van der Waals surface area contributed by atoms with E-state index in [1.54, 1.807) is 19.1 Å². The van der Waals surface area contributed by atoms with Crippen LogP contribution < -0.4 is 5.73 Å². The highest BCUT2D eigenvalue weighted by molar-refractivity contribution is 5.85. The average molecular weight is 397 g/mol. The molecular weight excluding hydrogens is 371 g/mol. The Morgan fingerprint density at radius 1 is 1.44 bits per heavy atom. The molecule has 1 unspecified atom stereocenters. The number of aryl methyl sites for hydroxylation is 2. The molecule has 1 aliphatic heterocycles. The van der Waals surface area contributed by atoms with Gasteiger partial charge in [0.25, 0.3) is 0 Å². The highest BCUT2D eigenvalue weighted by Gasteiger charge is 2.35. The van der Waals surface area contributed by atoms with Crippen molar-refractivity contribution in [3.05, 3.63) is 35.5 Å². The van der Waals surface area contributed by atoms with Crippen LogP contribution in [0, 0.1) is 18.2 Å². The van der Waals surface area contributed by atoms with Crippen LogP contribution in [0.3, 0.4) is 0 Å². The van der Waals surface area contributed by atoms with Crippen molar-refractivity contribution in [3.8, 4) is 11.4 Å². The smallest absolute Gasteiger partial charge is 0.227 e. The Labute approximate surface area is 164 Å². The molecular formula is C19H26ClFN4O2. The van der Waals surface area contributed by atoms with Gasteiger partial charge in [-0.2, -0.15) is 4.98 Å². The lowest BCUT2D eigenvalue weighted by Gasteiger charge is -2.42. The molecule has 148 valence electrons. The number of hydrogen-bond acceptors (Lipinski definition) is 5. The Bertz CT molecular complexity index is 809. The van der Waals surface area contributed by atoms with E-state index in [1.165, 1.54) is 6.07 Å². The summed E-state index contributed by atoms with van der Waals surface area (Å²) >= 11 is 0. The summed E-state index contributed by atoms with van der Waals surface area (Å²) in [6.07, 6.45) is 1.51. The van der Waals surface area contributed by atoms with E-state index >= 15 is 0 Å². The minimum absolute atomic E-state index is 0. The average Bonchev–Trinajstić information content (AvgIpc) is 3.06. The summed E-state index contributed by atoms with van der Waals surface area (Å²) in [5.41, 5.74) is 7.26. The van der Waals surface area contributed by atoms with Gasteiger partial charge in [-0.1, -0.05) is 19.0 Å². The van der Waals surface area contributed by atoms with Crippen molar-refractivity contribution in [3.63, 3.8) is 0 Å². The third kappa shape index (κ3) is 4.84. The van der Waals surface area contributed by atoms with Crippen LogP contribution in [-0.2, 0) is 11.2 Å². The topological polar surface area (TPSA) is 85.2 Å². The highest BCUT2D eigenvalue weighted by Crippen LogP contribution is 2.28. The number of carbonyl (C=O) groups is 1. The third-order valence-corrected chi connectivity index (χ3v) is 5.10. The van der Waals surface area contributed by atoms with E-state index in [1.807, 2.05) is 4.90 Å². The Morgan fingerprint density at radius 2 is 2.19 bits per heavy atom. The quantitative estimate of drug-likeness (QED) is 0.858. The van der Waals surface area contributed by atoms with Crippen LogP contribution in [0.2, 0.25) is 0 Å². The zero-order valence-electron chi connectivity index (χ0n) is 15.9. The Hall–Kier alpha value is -1.99. The first kappa shape index (κ1) is 21.3. The zero-order chi connectivity index (χ0) is 18.9. The molecule has 1 aromatic heterocycles. The number of likely N-dealkylation sites (tertiary alicyclic amines) is 1. The predicted molar refractivity (Wildman–Crippen MR) is 103 cm³/mol. The molecule has 1 saturated heterocycles. The van der Waals surface area contributed by atoms with Gasteiger partial charge in [-0.05, 0) is 42.5 Å². The number of nitrogens with zero attached hydrogens (tertiary/aromatic N) is 3. The van der Waals surface area contributed by atoms with Crippen molar-refractivity contribution in [2.45, 2.75) is 46.1 Å². The molecule has 0 radical (unpaired) electrons. The van der Waals surface area contributed by atoms with Crippen LogP contribution in [0.5, 0.6) is 0 Å². The van der Waals surface area contributed by atoms with Crippen LogP contribution in [0.15, 0.2) is 22.7 Å². The first-order valence-electron chi connectivity index (χ1n) is 8.89. The van der Waals surface area contributed by atoms with E-state index in [9.17, 15) is 9.18 Å². The SMILES string of the molecule is Cc1cc(-c2noc(CCC(=O)N3CCC(N)C(C)(C)C3)n2)ccc1F.Cl. The molecule has 8 heteroatoms. The molecule has 1 amide bonds. The summed E-state index contributed by atoms with van der Waals surface area (Å²) in [5, 5.41) is 3.93. The summed E-state index contributed by atoms with van der Waals surface area (Å²) in [6.45, 7) is 7.22. The van der Waals surface area contributed by atoms with Crippen molar-refractivity contribution in [1.29, 1.82) is 0 Å². The monoisotopic (exact) mass is 396 g/mol. The highest BCUT2D eigenvalue weighted by atomic mass is 35.5. The number of aromatic nitrogens is 2. The minimum Gasteiger partial charge on any atom is -0.342 e. The van der Waals surface area contributed by atoms with E-state index in [0.29, 0.717) is 48.8 Å². The normalized spacial score (nSPS) is 18.9. The number of nitrogens with two attached hydrogens (primary N) is 1. The Kier molecular flexibility index (Phi) is 6.59. The molecule has 1 aliphatic rings. The Morgan fingerprint density at radius 3 is 2.85 bits per heavy atom. The van der Waals surface area contributed by atoms with Crippen molar-refractivity contribution in [1.82, 2.24) is 15.0 Å². The summed E-state index contributed by atoms with van der Waals surface area (Å²) < 4.78 is 18.6. The second-order valence-electron chi connectivity index (χ2n) is 7.67. The number of benzene rings is 1. The zero-order valence-corrected chi connectivity index (χ0v) is 16.7. The summed E-state index contributed by atoms with van der Waals surface area (Å²) in [6, 6.07) is 4.78. The lowest BCUT2D eigenvalue weighted by atomic mass is 9.79. The number of rotatable bonds is 4. The largest absolute Gasteiger partial charge is 0.342 e. The molecule has 0 aliphatic carbocycles. The molecule has 27 heavy (non-hydrogen) atoms. The summed E-state index contributed by atoms with van der Waals surface area (Å²) in [7, 11) is 0.